The van der Waals surface area contributed by atoms with E-state index in [0.717, 1.165) is 17.9 Å². The second-order valence-corrected chi connectivity index (χ2v) is 5.79. The molecule has 0 saturated carbocycles. The Kier molecular flexibility index (Phi) is 5.62. The Labute approximate surface area is 130 Å². The first-order valence-electron chi connectivity index (χ1n) is 7.40. The largest absolute Gasteiger partial charge is 0.356 e. The molecule has 1 aromatic rings. The molecule has 1 aliphatic rings. The van der Waals surface area contributed by atoms with Crippen molar-refractivity contribution in [1.29, 1.82) is 0 Å². The summed E-state index contributed by atoms with van der Waals surface area (Å²) in [7, 11) is 0. The lowest BCUT2D eigenvalue weighted by Gasteiger charge is -2.13. The molecule has 0 radical (unpaired) electrons. The molecule has 1 N–H and O–H groups in total. The first-order chi connectivity index (χ1) is 10.1. The number of aryl methyl sites for hydroxylation is 1. The molecule has 1 saturated heterocycles. The average Bonchev–Trinajstić information content (AvgIpc) is 2.86. The smallest absolute Gasteiger partial charge is 0.225 e. The standard InChI is InChI=1S/C16H21ClN2O2/c1-2-19-11-13(10-15(19)20)16(21)18-9-3-4-12-5-7-14(17)8-6-12/h5-8,13H,2-4,9-11H2,1H3,(H,18,21). The van der Waals surface area contributed by atoms with Crippen LogP contribution < -0.4 is 5.32 Å². The topological polar surface area (TPSA) is 49.4 Å². The number of benzene rings is 1. The minimum atomic E-state index is -0.187. The number of nitrogens with one attached hydrogen (secondary N) is 1. The van der Waals surface area contributed by atoms with Crippen molar-refractivity contribution in [3.63, 3.8) is 0 Å². The maximum atomic E-state index is 12.0. The maximum absolute atomic E-state index is 12.0. The highest BCUT2D eigenvalue weighted by Gasteiger charge is 2.32. The third kappa shape index (κ3) is 4.46. The van der Waals surface area contributed by atoms with Gasteiger partial charge in [0.05, 0.1) is 5.92 Å². The third-order valence-corrected chi connectivity index (χ3v) is 4.07. The number of likely N-dealkylation sites (tertiary alicyclic amines) is 1. The molecule has 1 atom stereocenters. The third-order valence-electron chi connectivity index (χ3n) is 3.82. The van der Waals surface area contributed by atoms with E-state index in [4.69, 9.17) is 11.6 Å². The molecular weight excluding hydrogens is 288 g/mol. The van der Waals surface area contributed by atoms with Crippen LogP contribution in [-0.2, 0) is 16.0 Å². The Morgan fingerprint density at radius 1 is 1.38 bits per heavy atom. The van der Waals surface area contributed by atoms with Crippen molar-refractivity contribution < 1.29 is 9.59 Å². The van der Waals surface area contributed by atoms with E-state index in [-0.39, 0.29) is 17.7 Å². The van der Waals surface area contributed by atoms with Gasteiger partial charge in [-0.2, -0.15) is 0 Å². The summed E-state index contributed by atoms with van der Waals surface area (Å²) in [6, 6.07) is 7.75. The van der Waals surface area contributed by atoms with Gasteiger partial charge in [0.15, 0.2) is 0 Å². The molecule has 0 bridgehead atoms. The highest BCUT2D eigenvalue weighted by Crippen LogP contribution is 2.17. The zero-order valence-corrected chi connectivity index (χ0v) is 13.0. The van der Waals surface area contributed by atoms with Crippen LogP contribution in [0, 0.1) is 5.92 Å². The predicted octanol–water partition coefficient (Wildman–Crippen LogP) is 2.26. The average molecular weight is 309 g/mol. The Morgan fingerprint density at radius 3 is 2.71 bits per heavy atom. The lowest BCUT2D eigenvalue weighted by atomic mass is 10.1. The SMILES string of the molecule is CCN1CC(C(=O)NCCCc2ccc(Cl)cc2)CC1=O. The van der Waals surface area contributed by atoms with Crippen molar-refractivity contribution in [3.05, 3.63) is 34.9 Å². The van der Waals surface area contributed by atoms with Gasteiger partial charge < -0.3 is 10.2 Å². The monoisotopic (exact) mass is 308 g/mol. The van der Waals surface area contributed by atoms with Crippen LogP contribution in [0.2, 0.25) is 5.02 Å². The van der Waals surface area contributed by atoms with Crippen molar-refractivity contribution in [3.8, 4) is 0 Å². The molecular formula is C16H21ClN2O2. The molecule has 0 aromatic heterocycles. The molecule has 1 fully saturated rings. The van der Waals surface area contributed by atoms with Crippen molar-refractivity contribution >= 4 is 23.4 Å². The molecule has 4 nitrogen and oxygen atoms in total. The Balaban J connectivity index is 1.68. The fraction of sp³-hybridized carbons (Fsp3) is 0.500. The van der Waals surface area contributed by atoms with Crippen LogP contribution in [-0.4, -0.2) is 36.3 Å². The molecule has 2 amide bonds. The van der Waals surface area contributed by atoms with Gasteiger partial charge >= 0.3 is 0 Å². The molecule has 1 heterocycles. The fourth-order valence-electron chi connectivity index (χ4n) is 2.55. The van der Waals surface area contributed by atoms with E-state index in [2.05, 4.69) is 5.32 Å². The first kappa shape index (κ1) is 15.8. The summed E-state index contributed by atoms with van der Waals surface area (Å²) in [5.74, 6) is -0.109. The molecule has 114 valence electrons. The summed E-state index contributed by atoms with van der Waals surface area (Å²) in [5.41, 5.74) is 1.21. The number of hydrogen-bond donors (Lipinski definition) is 1. The minimum absolute atomic E-state index is 0.00425. The fourth-order valence-corrected chi connectivity index (χ4v) is 2.68. The summed E-state index contributed by atoms with van der Waals surface area (Å²) in [5, 5.41) is 3.66. The first-order valence-corrected chi connectivity index (χ1v) is 7.78. The Bertz CT molecular complexity index is 502. The number of carbonyl (C=O) groups excluding carboxylic acids is 2. The lowest BCUT2D eigenvalue weighted by molar-refractivity contribution is -0.128. The van der Waals surface area contributed by atoms with E-state index >= 15 is 0 Å². The van der Waals surface area contributed by atoms with Crippen LogP contribution >= 0.6 is 11.6 Å². The van der Waals surface area contributed by atoms with Crippen LogP contribution in [0.15, 0.2) is 24.3 Å². The zero-order valence-electron chi connectivity index (χ0n) is 12.3. The van der Waals surface area contributed by atoms with E-state index in [1.807, 2.05) is 31.2 Å². The van der Waals surface area contributed by atoms with Gasteiger partial charge in [-0.3, -0.25) is 9.59 Å². The van der Waals surface area contributed by atoms with Crippen LogP contribution in [0.25, 0.3) is 0 Å². The van der Waals surface area contributed by atoms with Crippen LogP contribution in [0.5, 0.6) is 0 Å². The van der Waals surface area contributed by atoms with Gasteiger partial charge in [0.1, 0.15) is 0 Å². The van der Waals surface area contributed by atoms with Crippen LogP contribution in [0.4, 0.5) is 0 Å². The number of hydrogen-bond acceptors (Lipinski definition) is 2. The van der Waals surface area contributed by atoms with Crippen molar-refractivity contribution in [1.82, 2.24) is 10.2 Å². The Morgan fingerprint density at radius 2 is 2.10 bits per heavy atom. The normalized spacial score (nSPS) is 18.1. The summed E-state index contributed by atoms with van der Waals surface area (Å²) < 4.78 is 0. The number of halogens is 1. The van der Waals surface area contributed by atoms with Crippen LogP contribution in [0.1, 0.15) is 25.3 Å². The van der Waals surface area contributed by atoms with Gasteiger partial charge in [-0.05, 0) is 37.5 Å². The highest BCUT2D eigenvalue weighted by molar-refractivity contribution is 6.30. The second kappa shape index (κ2) is 7.46. The maximum Gasteiger partial charge on any atom is 0.225 e. The van der Waals surface area contributed by atoms with E-state index in [1.54, 1.807) is 4.90 Å². The summed E-state index contributed by atoms with van der Waals surface area (Å²) in [4.78, 5) is 25.3. The van der Waals surface area contributed by atoms with Crippen molar-refractivity contribution in [2.75, 3.05) is 19.6 Å². The molecule has 2 rings (SSSR count). The van der Waals surface area contributed by atoms with Gasteiger partial charge in [-0.1, -0.05) is 23.7 Å². The zero-order chi connectivity index (χ0) is 15.2. The molecule has 5 heteroatoms. The number of rotatable bonds is 6. The number of amides is 2. The van der Waals surface area contributed by atoms with Crippen LogP contribution in [0.3, 0.4) is 0 Å². The van der Waals surface area contributed by atoms with Crippen molar-refractivity contribution in [2.24, 2.45) is 5.92 Å². The van der Waals surface area contributed by atoms with Gasteiger partial charge in [-0.25, -0.2) is 0 Å². The van der Waals surface area contributed by atoms with Gasteiger partial charge in [0.2, 0.25) is 11.8 Å². The highest BCUT2D eigenvalue weighted by atomic mass is 35.5. The summed E-state index contributed by atoms with van der Waals surface area (Å²) in [6.45, 7) is 3.81. The summed E-state index contributed by atoms with van der Waals surface area (Å²) >= 11 is 5.83. The Hall–Kier alpha value is -1.55. The molecule has 0 aliphatic carbocycles. The molecule has 21 heavy (non-hydrogen) atoms. The van der Waals surface area contributed by atoms with E-state index in [1.165, 1.54) is 5.56 Å². The number of carbonyl (C=O) groups is 2. The lowest BCUT2D eigenvalue weighted by Crippen LogP contribution is -2.33. The minimum Gasteiger partial charge on any atom is -0.356 e. The molecule has 0 spiro atoms. The van der Waals surface area contributed by atoms with Gasteiger partial charge in [-0.15, -0.1) is 0 Å². The second-order valence-electron chi connectivity index (χ2n) is 5.35. The van der Waals surface area contributed by atoms with E-state index in [9.17, 15) is 9.59 Å². The molecule has 1 unspecified atom stereocenters. The van der Waals surface area contributed by atoms with E-state index < -0.39 is 0 Å². The molecule has 1 aliphatic heterocycles. The summed E-state index contributed by atoms with van der Waals surface area (Å²) in [6.07, 6.45) is 2.13. The number of nitrogens with zero attached hydrogens (tertiary/aromatic N) is 1. The quantitative estimate of drug-likeness (QED) is 0.820. The predicted molar refractivity (Wildman–Crippen MR) is 83.1 cm³/mol. The van der Waals surface area contributed by atoms with Gasteiger partial charge in [0.25, 0.3) is 0 Å². The van der Waals surface area contributed by atoms with E-state index in [0.29, 0.717) is 26.1 Å². The molecule has 1 aromatic carbocycles. The van der Waals surface area contributed by atoms with Gasteiger partial charge in [0, 0.05) is 31.1 Å². The van der Waals surface area contributed by atoms with Crippen molar-refractivity contribution in [2.45, 2.75) is 26.2 Å².